The largest absolute Gasteiger partial charge is 0.316 e. The molecule has 1 aromatic carbocycles. The van der Waals surface area contributed by atoms with Gasteiger partial charge >= 0.3 is 0 Å². The lowest BCUT2D eigenvalue weighted by Gasteiger charge is -2.32. The SMILES string of the molecule is Fc1cccc(C2CNCCC2c2ccc(Br)s2)c1. The molecule has 0 amide bonds. The molecule has 1 aliphatic rings. The number of hydrogen-bond acceptors (Lipinski definition) is 2. The van der Waals surface area contributed by atoms with Crippen LogP contribution in [0, 0.1) is 5.82 Å². The third kappa shape index (κ3) is 2.91. The van der Waals surface area contributed by atoms with Crippen molar-refractivity contribution in [1.82, 2.24) is 5.32 Å². The van der Waals surface area contributed by atoms with E-state index >= 15 is 0 Å². The lowest BCUT2D eigenvalue weighted by Crippen LogP contribution is -2.33. The van der Waals surface area contributed by atoms with Crippen LogP contribution in [0.3, 0.4) is 0 Å². The lowest BCUT2D eigenvalue weighted by molar-refractivity contribution is 0.407. The van der Waals surface area contributed by atoms with Crippen molar-refractivity contribution in [3.05, 3.63) is 56.4 Å². The summed E-state index contributed by atoms with van der Waals surface area (Å²) < 4.78 is 14.6. The van der Waals surface area contributed by atoms with Crippen LogP contribution >= 0.6 is 27.3 Å². The smallest absolute Gasteiger partial charge is 0.123 e. The molecule has 0 spiro atoms. The van der Waals surface area contributed by atoms with E-state index in [1.165, 1.54) is 14.7 Å². The van der Waals surface area contributed by atoms with Crippen molar-refractivity contribution >= 4 is 27.3 Å². The van der Waals surface area contributed by atoms with E-state index in [0.717, 1.165) is 25.1 Å². The number of thiophene rings is 1. The highest BCUT2D eigenvalue weighted by atomic mass is 79.9. The van der Waals surface area contributed by atoms with E-state index in [4.69, 9.17) is 0 Å². The molecule has 0 bridgehead atoms. The predicted molar refractivity (Wildman–Crippen MR) is 81.4 cm³/mol. The quantitative estimate of drug-likeness (QED) is 0.848. The highest BCUT2D eigenvalue weighted by molar-refractivity contribution is 9.11. The maximum atomic E-state index is 13.4. The summed E-state index contributed by atoms with van der Waals surface area (Å²) in [6.07, 6.45) is 1.11. The second kappa shape index (κ2) is 5.73. The Morgan fingerprint density at radius 1 is 1.21 bits per heavy atom. The first kappa shape index (κ1) is 13.3. The van der Waals surface area contributed by atoms with Crippen molar-refractivity contribution in [2.75, 3.05) is 13.1 Å². The molecule has 1 saturated heterocycles. The van der Waals surface area contributed by atoms with Crippen LogP contribution in [0.1, 0.15) is 28.7 Å². The summed E-state index contributed by atoms with van der Waals surface area (Å²) in [6.45, 7) is 1.95. The molecule has 4 heteroatoms. The van der Waals surface area contributed by atoms with E-state index in [2.05, 4.69) is 33.4 Å². The molecule has 2 heterocycles. The first-order chi connectivity index (χ1) is 9.24. The Morgan fingerprint density at radius 3 is 2.84 bits per heavy atom. The molecule has 2 aromatic rings. The highest BCUT2D eigenvalue weighted by Gasteiger charge is 2.28. The molecule has 0 radical (unpaired) electrons. The Bertz CT molecular complexity index is 569. The van der Waals surface area contributed by atoms with Gasteiger partial charge in [-0.2, -0.15) is 0 Å². The average molecular weight is 340 g/mol. The third-order valence-corrected chi connectivity index (χ3v) is 5.47. The Kier molecular flexibility index (Phi) is 4.01. The maximum Gasteiger partial charge on any atom is 0.123 e. The van der Waals surface area contributed by atoms with Crippen LogP contribution in [0.4, 0.5) is 4.39 Å². The monoisotopic (exact) mass is 339 g/mol. The third-order valence-electron chi connectivity index (χ3n) is 3.72. The van der Waals surface area contributed by atoms with E-state index in [0.29, 0.717) is 11.8 Å². The zero-order valence-electron chi connectivity index (χ0n) is 10.4. The first-order valence-corrected chi connectivity index (χ1v) is 8.06. The summed E-state index contributed by atoms with van der Waals surface area (Å²) in [4.78, 5) is 1.39. The van der Waals surface area contributed by atoms with E-state index in [-0.39, 0.29) is 5.82 Å². The summed E-state index contributed by atoms with van der Waals surface area (Å²) in [6, 6.07) is 11.3. The van der Waals surface area contributed by atoms with Crippen LogP contribution in [0.15, 0.2) is 40.2 Å². The van der Waals surface area contributed by atoms with Gasteiger partial charge in [0.1, 0.15) is 5.82 Å². The zero-order valence-corrected chi connectivity index (χ0v) is 12.8. The van der Waals surface area contributed by atoms with Crippen molar-refractivity contribution in [3.63, 3.8) is 0 Å². The van der Waals surface area contributed by atoms with E-state index < -0.39 is 0 Å². The van der Waals surface area contributed by atoms with Crippen LogP contribution in [0.5, 0.6) is 0 Å². The lowest BCUT2D eigenvalue weighted by atomic mass is 9.80. The van der Waals surface area contributed by atoms with E-state index in [9.17, 15) is 4.39 Å². The molecule has 100 valence electrons. The van der Waals surface area contributed by atoms with Crippen LogP contribution in [0.25, 0.3) is 0 Å². The van der Waals surface area contributed by atoms with Crippen LogP contribution < -0.4 is 5.32 Å². The van der Waals surface area contributed by atoms with Crippen LogP contribution in [-0.2, 0) is 0 Å². The molecule has 1 aliphatic heterocycles. The van der Waals surface area contributed by atoms with E-state index in [1.807, 2.05) is 6.07 Å². The van der Waals surface area contributed by atoms with Gasteiger partial charge in [0, 0.05) is 23.3 Å². The van der Waals surface area contributed by atoms with Gasteiger partial charge in [-0.05, 0) is 58.7 Å². The molecule has 1 aromatic heterocycles. The minimum atomic E-state index is -0.144. The average Bonchev–Trinajstić information content (AvgIpc) is 2.85. The fourth-order valence-electron chi connectivity index (χ4n) is 2.81. The molecule has 1 fully saturated rings. The molecule has 0 saturated carbocycles. The summed E-state index contributed by atoms with van der Waals surface area (Å²) in [7, 11) is 0. The topological polar surface area (TPSA) is 12.0 Å². The van der Waals surface area contributed by atoms with Gasteiger partial charge in [-0.1, -0.05) is 12.1 Å². The number of halogens is 2. The van der Waals surface area contributed by atoms with Gasteiger partial charge in [0.2, 0.25) is 0 Å². The van der Waals surface area contributed by atoms with Crippen molar-refractivity contribution in [3.8, 4) is 0 Å². The second-order valence-electron chi connectivity index (χ2n) is 4.90. The van der Waals surface area contributed by atoms with Crippen LogP contribution in [-0.4, -0.2) is 13.1 Å². The summed E-state index contributed by atoms with van der Waals surface area (Å²) in [5.74, 6) is 0.698. The Morgan fingerprint density at radius 2 is 2.11 bits per heavy atom. The maximum absolute atomic E-state index is 13.4. The van der Waals surface area contributed by atoms with Crippen molar-refractivity contribution in [2.24, 2.45) is 0 Å². The molecule has 1 N–H and O–H groups in total. The standard InChI is InChI=1S/C15H15BrFNS/c16-15-5-4-14(19-15)12-6-7-18-9-13(12)10-2-1-3-11(17)8-10/h1-5,8,12-13,18H,6-7,9H2. The van der Waals surface area contributed by atoms with Crippen molar-refractivity contribution < 1.29 is 4.39 Å². The van der Waals surface area contributed by atoms with Gasteiger partial charge in [0.25, 0.3) is 0 Å². The molecular formula is C15H15BrFNS. The van der Waals surface area contributed by atoms with Gasteiger partial charge in [-0.15, -0.1) is 11.3 Å². The van der Waals surface area contributed by atoms with Crippen LogP contribution in [0.2, 0.25) is 0 Å². The predicted octanol–water partition coefficient (Wildman–Crippen LogP) is 4.51. The Balaban J connectivity index is 1.93. The van der Waals surface area contributed by atoms with Gasteiger partial charge in [0.05, 0.1) is 3.79 Å². The second-order valence-corrected chi connectivity index (χ2v) is 7.40. The normalized spacial score (nSPS) is 23.5. The fourth-order valence-corrected chi connectivity index (χ4v) is 4.44. The molecule has 2 unspecified atom stereocenters. The molecule has 2 atom stereocenters. The summed E-state index contributed by atoms with van der Waals surface area (Å²) in [5, 5.41) is 3.43. The number of hydrogen-bond donors (Lipinski definition) is 1. The minimum absolute atomic E-state index is 0.144. The van der Waals surface area contributed by atoms with Crippen molar-refractivity contribution in [1.29, 1.82) is 0 Å². The molecule has 1 nitrogen and oxygen atoms in total. The van der Waals surface area contributed by atoms with E-state index in [1.54, 1.807) is 23.5 Å². The zero-order chi connectivity index (χ0) is 13.2. The fraction of sp³-hybridized carbons (Fsp3) is 0.333. The number of piperidine rings is 1. The Hall–Kier alpha value is -0.710. The summed E-state index contributed by atoms with van der Waals surface area (Å²) in [5.41, 5.74) is 1.10. The minimum Gasteiger partial charge on any atom is -0.316 e. The molecule has 3 rings (SSSR count). The van der Waals surface area contributed by atoms with Gasteiger partial charge in [-0.3, -0.25) is 0 Å². The number of rotatable bonds is 2. The molecule has 19 heavy (non-hydrogen) atoms. The first-order valence-electron chi connectivity index (χ1n) is 6.45. The summed E-state index contributed by atoms with van der Waals surface area (Å²) >= 11 is 5.32. The molecular weight excluding hydrogens is 325 g/mol. The highest BCUT2D eigenvalue weighted by Crippen LogP contribution is 2.41. The Labute approximate surface area is 125 Å². The van der Waals surface area contributed by atoms with Crippen molar-refractivity contribution in [2.45, 2.75) is 18.3 Å². The molecule has 0 aliphatic carbocycles. The number of nitrogens with one attached hydrogen (secondary N) is 1. The number of benzene rings is 1. The van der Waals surface area contributed by atoms with Gasteiger partial charge < -0.3 is 5.32 Å². The van der Waals surface area contributed by atoms with Gasteiger partial charge in [0.15, 0.2) is 0 Å². The van der Waals surface area contributed by atoms with Gasteiger partial charge in [-0.25, -0.2) is 4.39 Å².